The van der Waals surface area contributed by atoms with Gasteiger partial charge in [-0.3, -0.25) is 0 Å². The standard InChI is InChI=1S/C30H24S.4C2H6/c1-21-13-17-25(18-14-21)29-27(23-9-5-3-6-10-23)28(24-11-7-4-8-12-24)30(31-29)26-19-15-22(2)16-20-26;4*1-2/h3-20H,1-2H3;4*1-2H3. The molecule has 4 aromatic carbocycles. The topological polar surface area (TPSA) is 0 Å². The average molecular weight is 537 g/mol. The lowest BCUT2D eigenvalue weighted by atomic mass is 9.91. The Bertz CT molecular complexity index is 1190. The molecule has 0 atom stereocenters. The predicted octanol–water partition coefficient (Wildman–Crippen LogP) is 13.1. The number of rotatable bonds is 4. The van der Waals surface area contributed by atoms with Gasteiger partial charge in [-0.05, 0) is 36.1 Å². The minimum atomic E-state index is 1.26. The summed E-state index contributed by atoms with van der Waals surface area (Å²) in [6, 6.07) is 39.4. The highest BCUT2D eigenvalue weighted by Gasteiger charge is 2.22. The molecule has 0 amide bonds. The molecule has 0 saturated carbocycles. The first-order valence-corrected chi connectivity index (χ1v) is 15.4. The van der Waals surface area contributed by atoms with Crippen LogP contribution < -0.4 is 0 Å². The molecule has 0 fully saturated rings. The fourth-order valence-corrected chi connectivity index (χ4v) is 5.36. The molecule has 39 heavy (non-hydrogen) atoms. The normalized spacial score (nSPS) is 9.28. The van der Waals surface area contributed by atoms with E-state index in [1.807, 2.05) is 66.7 Å². The highest BCUT2D eigenvalue weighted by molar-refractivity contribution is 7.20. The van der Waals surface area contributed by atoms with E-state index in [1.54, 1.807) is 0 Å². The third kappa shape index (κ3) is 8.80. The lowest BCUT2D eigenvalue weighted by Crippen LogP contribution is -1.86. The van der Waals surface area contributed by atoms with Gasteiger partial charge in [-0.15, -0.1) is 11.3 Å². The molecule has 0 aliphatic rings. The monoisotopic (exact) mass is 536 g/mol. The van der Waals surface area contributed by atoms with Gasteiger partial charge in [0.1, 0.15) is 0 Å². The molecular weight excluding hydrogens is 488 g/mol. The maximum Gasteiger partial charge on any atom is 0.0434 e. The molecule has 5 aromatic rings. The van der Waals surface area contributed by atoms with E-state index < -0.39 is 0 Å². The Morgan fingerprint density at radius 3 is 0.897 bits per heavy atom. The second-order valence-corrected chi connectivity index (χ2v) is 9.00. The van der Waals surface area contributed by atoms with Gasteiger partial charge in [0.2, 0.25) is 0 Å². The van der Waals surface area contributed by atoms with Crippen LogP contribution in [-0.2, 0) is 0 Å². The molecule has 0 nitrogen and oxygen atoms in total. The van der Waals surface area contributed by atoms with E-state index in [0.29, 0.717) is 0 Å². The molecule has 1 heterocycles. The lowest BCUT2D eigenvalue weighted by Gasteiger charge is -2.11. The average Bonchev–Trinajstić information content (AvgIpc) is 3.43. The zero-order valence-electron chi connectivity index (χ0n) is 25.8. The predicted molar refractivity (Wildman–Crippen MR) is 181 cm³/mol. The summed E-state index contributed by atoms with van der Waals surface area (Å²) in [6.45, 7) is 20.3. The van der Waals surface area contributed by atoms with Gasteiger partial charge in [-0.2, -0.15) is 0 Å². The van der Waals surface area contributed by atoms with Crippen molar-refractivity contribution in [2.45, 2.75) is 69.2 Å². The van der Waals surface area contributed by atoms with Crippen molar-refractivity contribution in [3.63, 3.8) is 0 Å². The van der Waals surface area contributed by atoms with Gasteiger partial charge >= 0.3 is 0 Å². The first kappa shape index (κ1) is 33.6. The Balaban J connectivity index is 0.000000874. The van der Waals surface area contributed by atoms with E-state index in [-0.39, 0.29) is 0 Å². The largest absolute Gasteiger partial charge is 0.134 e. The molecule has 206 valence electrons. The lowest BCUT2D eigenvalue weighted by molar-refractivity contribution is 1.47. The number of benzene rings is 4. The first-order chi connectivity index (χ1) is 19.2. The third-order valence-corrected chi connectivity index (χ3v) is 6.95. The van der Waals surface area contributed by atoms with Crippen molar-refractivity contribution in [2.75, 3.05) is 0 Å². The van der Waals surface area contributed by atoms with Crippen molar-refractivity contribution in [2.24, 2.45) is 0 Å². The summed E-state index contributed by atoms with van der Waals surface area (Å²) in [5, 5.41) is 0. The molecule has 5 rings (SSSR count). The molecule has 1 aromatic heterocycles. The highest BCUT2D eigenvalue weighted by atomic mass is 32.1. The van der Waals surface area contributed by atoms with Crippen LogP contribution in [0.25, 0.3) is 43.1 Å². The zero-order valence-corrected chi connectivity index (χ0v) is 26.6. The molecule has 0 bridgehead atoms. The molecule has 0 spiro atoms. The number of hydrogen-bond acceptors (Lipinski definition) is 1. The Morgan fingerprint density at radius 2 is 0.615 bits per heavy atom. The third-order valence-electron chi connectivity index (χ3n) is 5.66. The van der Waals surface area contributed by atoms with E-state index in [9.17, 15) is 0 Å². The fourth-order valence-electron chi connectivity index (χ4n) is 4.01. The van der Waals surface area contributed by atoms with Crippen LogP contribution in [0, 0.1) is 13.8 Å². The summed E-state index contributed by atoms with van der Waals surface area (Å²) in [6.07, 6.45) is 0. The van der Waals surface area contributed by atoms with Crippen LogP contribution in [-0.4, -0.2) is 0 Å². The van der Waals surface area contributed by atoms with Crippen molar-refractivity contribution in [1.82, 2.24) is 0 Å². The molecule has 0 N–H and O–H groups in total. The smallest absolute Gasteiger partial charge is 0.0434 e. The van der Waals surface area contributed by atoms with Gasteiger partial charge < -0.3 is 0 Å². The van der Waals surface area contributed by atoms with Gasteiger partial charge in [0.05, 0.1) is 0 Å². The maximum atomic E-state index is 2.25. The number of hydrogen-bond donors (Lipinski definition) is 0. The summed E-state index contributed by atoms with van der Waals surface area (Å²) in [4.78, 5) is 2.64. The zero-order chi connectivity index (χ0) is 29.2. The first-order valence-electron chi connectivity index (χ1n) is 14.6. The summed E-state index contributed by atoms with van der Waals surface area (Å²) >= 11 is 1.89. The van der Waals surface area contributed by atoms with E-state index in [4.69, 9.17) is 0 Å². The van der Waals surface area contributed by atoms with Crippen molar-refractivity contribution in [3.05, 3.63) is 120 Å². The van der Waals surface area contributed by atoms with Crippen LogP contribution in [0.1, 0.15) is 66.5 Å². The van der Waals surface area contributed by atoms with Crippen LogP contribution in [0.2, 0.25) is 0 Å². The second kappa shape index (κ2) is 18.8. The van der Waals surface area contributed by atoms with Crippen molar-refractivity contribution < 1.29 is 0 Å². The highest BCUT2D eigenvalue weighted by Crippen LogP contribution is 2.51. The SMILES string of the molecule is CC.CC.CC.CC.Cc1ccc(-c2sc(-c3ccc(C)cc3)c(-c3ccccc3)c2-c2ccccc2)cc1. The number of aryl methyl sites for hydroxylation is 2. The van der Waals surface area contributed by atoms with Crippen molar-refractivity contribution >= 4 is 11.3 Å². The van der Waals surface area contributed by atoms with E-state index in [2.05, 4.69) is 123 Å². The van der Waals surface area contributed by atoms with Crippen LogP contribution >= 0.6 is 11.3 Å². The second-order valence-electron chi connectivity index (χ2n) is 7.97. The molecule has 0 unspecified atom stereocenters. The molecule has 0 saturated heterocycles. The Kier molecular flexibility index (Phi) is 16.2. The van der Waals surface area contributed by atoms with Crippen LogP contribution in [0.15, 0.2) is 109 Å². The van der Waals surface area contributed by atoms with Crippen LogP contribution in [0.3, 0.4) is 0 Å². The summed E-state index contributed by atoms with van der Waals surface area (Å²) < 4.78 is 0. The van der Waals surface area contributed by atoms with Gasteiger partial charge in [0, 0.05) is 20.9 Å². The molecule has 0 aliphatic carbocycles. The maximum absolute atomic E-state index is 2.25. The molecule has 1 heteroatoms. The van der Waals surface area contributed by atoms with Crippen molar-refractivity contribution in [3.8, 4) is 43.1 Å². The summed E-state index contributed by atoms with van der Waals surface area (Å²) in [5.74, 6) is 0. The molecular formula is C38H48S. The Morgan fingerprint density at radius 1 is 0.333 bits per heavy atom. The molecule has 0 aliphatic heterocycles. The van der Waals surface area contributed by atoms with Gasteiger partial charge in [0.25, 0.3) is 0 Å². The minimum absolute atomic E-state index is 1.26. The van der Waals surface area contributed by atoms with Gasteiger partial charge in [-0.1, -0.05) is 176 Å². The Hall–Kier alpha value is -3.42. The summed E-state index contributed by atoms with van der Waals surface area (Å²) in [7, 11) is 0. The minimum Gasteiger partial charge on any atom is -0.134 e. The van der Waals surface area contributed by atoms with E-state index >= 15 is 0 Å². The summed E-state index contributed by atoms with van der Waals surface area (Å²) in [5.41, 5.74) is 10.2. The molecule has 0 radical (unpaired) electrons. The quantitative estimate of drug-likeness (QED) is 0.214. The van der Waals surface area contributed by atoms with Crippen LogP contribution in [0.4, 0.5) is 0 Å². The van der Waals surface area contributed by atoms with Crippen LogP contribution in [0.5, 0.6) is 0 Å². The Labute approximate surface area is 243 Å². The van der Waals surface area contributed by atoms with Gasteiger partial charge in [-0.25, -0.2) is 0 Å². The number of thiophene rings is 1. The fraction of sp³-hybridized carbons (Fsp3) is 0.263. The van der Waals surface area contributed by atoms with Gasteiger partial charge in [0.15, 0.2) is 0 Å². The van der Waals surface area contributed by atoms with Crippen molar-refractivity contribution in [1.29, 1.82) is 0 Å². The van der Waals surface area contributed by atoms with E-state index in [1.165, 1.54) is 54.3 Å². The van der Waals surface area contributed by atoms with E-state index in [0.717, 1.165) is 0 Å².